The third kappa shape index (κ3) is 8.39. The van der Waals surface area contributed by atoms with Gasteiger partial charge in [-0.05, 0) is 175 Å². The van der Waals surface area contributed by atoms with Gasteiger partial charge in [-0.15, -0.1) is 0 Å². The quantitative estimate of drug-likeness (QED) is 0.0891. The molecule has 0 aliphatic carbocycles. The van der Waals surface area contributed by atoms with Crippen LogP contribution in [0.3, 0.4) is 0 Å². The molecule has 4 atom stereocenters. The molecule has 0 fully saturated rings. The third-order valence-corrected chi connectivity index (χ3v) is 16.9. The van der Waals surface area contributed by atoms with Crippen molar-refractivity contribution in [1.82, 2.24) is 0 Å². The number of hydrogen-bond donors (Lipinski definition) is 0. The van der Waals surface area contributed by atoms with Crippen LogP contribution >= 0.6 is 0 Å². The monoisotopic (exact) mass is 945 g/mol. The lowest BCUT2D eigenvalue weighted by atomic mass is 9.83. The molecule has 0 amide bonds. The first-order valence-electron chi connectivity index (χ1n) is 27.5. The Morgan fingerprint density at radius 1 is 0.319 bits per heavy atom. The maximum absolute atomic E-state index is 2.66. The van der Waals surface area contributed by atoms with Crippen molar-refractivity contribution >= 4 is 88.0 Å². The predicted molar refractivity (Wildman–Crippen MR) is 318 cm³/mol. The standard InChI is InChI=1S/C70H76N2/c1-13-45(9)51-29-27-49-31-33-55(47(11)15-3)69(63(49)39-51)71(53-23-19-17-20-24-53)65-41-61(43(5)6)57-36-38-60-66(42-62(44(7)8)58-35-37-59(65)67(57)68(58)60)72(54-25-21-18-22-26-54)70-56(48(12)16-4)34-32-50-28-30-52(40-64(50)70)46(10)14-2/h17-48H,13-16H2,1-12H3. The SMILES string of the molecule is CCC(C)c1ccc2ccc(C(C)CC)c(N(c3ccccc3)c3cc(C(C)C)c4ccc5c(N(c6ccccc6)c6c(C(C)CC)ccc7ccc(C(C)CC)cc67)cc(C(C)C)c6ccc3c4c65)c2c1. The van der Waals surface area contributed by atoms with Gasteiger partial charge in [0.15, 0.2) is 0 Å². The highest BCUT2D eigenvalue weighted by Gasteiger charge is 2.30. The minimum atomic E-state index is 0.280. The summed E-state index contributed by atoms with van der Waals surface area (Å²) in [7, 11) is 0. The minimum absolute atomic E-state index is 0.280. The van der Waals surface area contributed by atoms with E-state index in [4.69, 9.17) is 0 Å². The molecule has 10 rings (SSSR count). The summed E-state index contributed by atoms with van der Waals surface area (Å²) in [5, 5.41) is 13.2. The van der Waals surface area contributed by atoms with Gasteiger partial charge in [0.2, 0.25) is 0 Å². The van der Waals surface area contributed by atoms with Gasteiger partial charge in [0.1, 0.15) is 0 Å². The first-order chi connectivity index (χ1) is 34.9. The fraction of sp³-hybridized carbons (Fsp3) is 0.314. The highest BCUT2D eigenvalue weighted by atomic mass is 15.2. The van der Waals surface area contributed by atoms with Gasteiger partial charge in [0.25, 0.3) is 0 Å². The predicted octanol–water partition coefficient (Wildman–Crippen LogP) is 22.1. The van der Waals surface area contributed by atoms with Crippen molar-refractivity contribution in [2.45, 2.75) is 144 Å². The third-order valence-electron chi connectivity index (χ3n) is 16.9. The Bertz CT molecular complexity index is 3300. The zero-order valence-electron chi connectivity index (χ0n) is 45.2. The molecule has 0 heterocycles. The van der Waals surface area contributed by atoms with E-state index in [9.17, 15) is 0 Å². The van der Waals surface area contributed by atoms with Gasteiger partial charge in [-0.25, -0.2) is 0 Å². The van der Waals surface area contributed by atoms with Gasteiger partial charge in [0, 0.05) is 32.9 Å². The van der Waals surface area contributed by atoms with Crippen molar-refractivity contribution in [2.24, 2.45) is 0 Å². The zero-order chi connectivity index (χ0) is 50.5. The average molecular weight is 945 g/mol. The number of para-hydroxylation sites is 2. The van der Waals surface area contributed by atoms with Crippen LogP contribution in [0, 0.1) is 0 Å². The fourth-order valence-electron chi connectivity index (χ4n) is 11.8. The lowest BCUT2D eigenvalue weighted by Gasteiger charge is -2.34. The molecule has 0 aromatic heterocycles. The van der Waals surface area contributed by atoms with Gasteiger partial charge in [0.05, 0.1) is 22.7 Å². The van der Waals surface area contributed by atoms with Crippen LogP contribution in [0.5, 0.6) is 0 Å². The normalized spacial score (nSPS) is 13.8. The molecule has 0 saturated carbocycles. The number of benzene rings is 10. The Labute approximate surface area is 431 Å². The molecule has 72 heavy (non-hydrogen) atoms. The molecule has 2 heteroatoms. The summed E-state index contributed by atoms with van der Waals surface area (Å²) < 4.78 is 0. The Hall–Kier alpha value is -6.64. The Balaban J connectivity index is 1.38. The van der Waals surface area contributed by atoms with Crippen LogP contribution in [0.1, 0.15) is 178 Å². The number of anilines is 6. The second-order valence-electron chi connectivity index (χ2n) is 21.9. The van der Waals surface area contributed by atoms with Crippen molar-refractivity contribution in [3.63, 3.8) is 0 Å². The Kier molecular flexibility index (Phi) is 13.7. The number of hydrogen-bond acceptors (Lipinski definition) is 2. The van der Waals surface area contributed by atoms with Crippen molar-refractivity contribution < 1.29 is 0 Å². The molecule has 0 aliphatic heterocycles. The van der Waals surface area contributed by atoms with Crippen LogP contribution in [-0.4, -0.2) is 0 Å². The number of fused-ring (bicyclic) bond motifs is 2. The summed E-state index contributed by atoms with van der Waals surface area (Å²) in [5.74, 6) is 2.17. The topological polar surface area (TPSA) is 6.48 Å². The molecular weight excluding hydrogens is 869 g/mol. The van der Waals surface area contributed by atoms with Crippen molar-refractivity contribution in [1.29, 1.82) is 0 Å². The smallest absolute Gasteiger partial charge is 0.0575 e. The molecule has 0 N–H and O–H groups in total. The molecule has 0 radical (unpaired) electrons. The summed E-state index contributed by atoms with van der Waals surface area (Å²) in [4.78, 5) is 5.32. The van der Waals surface area contributed by atoms with Gasteiger partial charge in [-0.2, -0.15) is 0 Å². The van der Waals surface area contributed by atoms with Crippen LogP contribution in [0.25, 0.3) is 53.9 Å². The van der Waals surface area contributed by atoms with E-state index in [1.165, 1.54) is 121 Å². The lowest BCUT2D eigenvalue weighted by molar-refractivity contribution is 0.732. The Morgan fingerprint density at radius 3 is 1.01 bits per heavy atom. The van der Waals surface area contributed by atoms with Crippen LogP contribution in [0.2, 0.25) is 0 Å². The second-order valence-corrected chi connectivity index (χ2v) is 21.9. The molecule has 0 bridgehead atoms. The average Bonchev–Trinajstić information content (AvgIpc) is 3.41. The molecule has 10 aromatic rings. The molecule has 10 aromatic carbocycles. The first-order valence-corrected chi connectivity index (χ1v) is 27.5. The maximum atomic E-state index is 2.66. The Morgan fingerprint density at radius 2 is 0.667 bits per heavy atom. The van der Waals surface area contributed by atoms with E-state index in [-0.39, 0.29) is 11.8 Å². The largest absolute Gasteiger partial charge is 0.309 e. The van der Waals surface area contributed by atoms with Crippen molar-refractivity contribution in [2.75, 3.05) is 9.80 Å². The van der Waals surface area contributed by atoms with Crippen LogP contribution in [0.15, 0.2) is 158 Å². The fourth-order valence-corrected chi connectivity index (χ4v) is 11.8. The van der Waals surface area contributed by atoms with E-state index in [0.717, 1.165) is 25.7 Å². The van der Waals surface area contributed by atoms with Crippen LogP contribution in [0.4, 0.5) is 34.1 Å². The van der Waals surface area contributed by atoms with E-state index in [0.29, 0.717) is 23.7 Å². The minimum Gasteiger partial charge on any atom is -0.309 e. The molecule has 0 saturated heterocycles. The van der Waals surface area contributed by atoms with E-state index >= 15 is 0 Å². The first kappa shape index (κ1) is 49.0. The van der Waals surface area contributed by atoms with Crippen molar-refractivity contribution in [3.05, 3.63) is 191 Å². The number of nitrogens with zero attached hydrogens (tertiary/aromatic N) is 2. The summed E-state index contributed by atoms with van der Waals surface area (Å²) in [6.07, 6.45) is 4.30. The zero-order valence-corrected chi connectivity index (χ0v) is 45.2. The lowest BCUT2D eigenvalue weighted by Crippen LogP contribution is -2.16. The second kappa shape index (κ2) is 20.1. The van der Waals surface area contributed by atoms with Crippen LogP contribution in [-0.2, 0) is 0 Å². The highest BCUT2D eigenvalue weighted by molar-refractivity contribution is 6.30. The molecule has 0 aliphatic rings. The molecule has 0 spiro atoms. The highest BCUT2D eigenvalue weighted by Crippen LogP contribution is 2.54. The van der Waals surface area contributed by atoms with Gasteiger partial charge < -0.3 is 9.80 Å². The summed E-state index contributed by atoms with van der Waals surface area (Å²) in [6.45, 7) is 28.4. The molecule has 2 nitrogen and oxygen atoms in total. The van der Waals surface area contributed by atoms with E-state index < -0.39 is 0 Å². The summed E-state index contributed by atoms with van der Waals surface area (Å²) in [5.41, 5.74) is 15.7. The molecular formula is C70H76N2. The van der Waals surface area contributed by atoms with Crippen molar-refractivity contribution in [3.8, 4) is 0 Å². The molecule has 4 unspecified atom stereocenters. The summed E-state index contributed by atoms with van der Waals surface area (Å²) >= 11 is 0. The molecule has 366 valence electrons. The van der Waals surface area contributed by atoms with E-state index in [1.54, 1.807) is 0 Å². The van der Waals surface area contributed by atoms with Crippen LogP contribution < -0.4 is 9.80 Å². The van der Waals surface area contributed by atoms with Gasteiger partial charge in [-0.3, -0.25) is 0 Å². The summed E-state index contributed by atoms with van der Waals surface area (Å²) in [6, 6.07) is 61.6. The van der Waals surface area contributed by atoms with Gasteiger partial charge in [-0.1, -0.05) is 192 Å². The van der Waals surface area contributed by atoms with E-state index in [1.807, 2.05) is 0 Å². The van der Waals surface area contributed by atoms with E-state index in [2.05, 4.69) is 251 Å². The maximum Gasteiger partial charge on any atom is 0.0575 e. The van der Waals surface area contributed by atoms with Gasteiger partial charge >= 0.3 is 0 Å². The number of rotatable bonds is 16.